The van der Waals surface area contributed by atoms with Gasteiger partial charge in [0.15, 0.2) is 0 Å². The van der Waals surface area contributed by atoms with Crippen LogP contribution in [0.1, 0.15) is 32.8 Å². The van der Waals surface area contributed by atoms with Crippen molar-refractivity contribution in [2.45, 2.75) is 51.0 Å². The van der Waals surface area contributed by atoms with E-state index in [1.165, 1.54) is 0 Å². The summed E-state index contributed by atoms with van der Waals surface area (Å²) in [6.07, 6.45) is -2.48. The third-order valence-corrected chi connectivity index (χ3v) is 4.26. The quantitative estimate of drug-likeness (QED) is 0.626. The predicted octanol–water partition coefficient (Wildman–Crippen LogP) is 1.83. The Morgan fingerprint density at radius 3 is 2.24 bits per heavy atom. The number of nitrogens with zero attached hydrogens (tertiary/aromatic N) is 1. The van der Waals surface area contributed by atoms with Gasteiger partial charge >= 0.3 is 24.1 Å². The Hall–Kier alpha value is -3.30. The molecule has 1 heterocycles. The zero-order valence-corrected chi connectivity index (χ0v) is 16.4. The lowest BCUT2D eigenvalue weighted by Crippen LogP contribution is -2.58. The lowest BCUT2D eigenvalue weighted by Gasteiger charge is -2.29. The number of carbonyl (C=O) groups excluding carboxylic acids is 2. The van der Waals surface area contributed by atoms with Crippen LogP contribution < -0.4 is 5.32 Å². The molecule has 3 N–H and O–H groups in total. The minimum atomic E-state index is -2.56. The molecule has 1 fully saturated rings. The van der Waals surface area contributed by atoms with Gasteiger partial charge in [-0.1, -0.05) is 30.3 Å². The number of carboxylic acids is 2. The Morgan fingerprint density at radius 1 is 1.14 bits per heavy atom. The first-order valence-electron chi connectivity index (χ1n) is 8.90. The highest BCUT2D eigenvalue weighted by Gasteiger charge is 2.60. The number of carboxylic acid groups (broad SMARTS) is 2. The van der Waals surface area contributed by atoms with Gasteiger partial charge in [-0.3, -0.25) is 4.90 Å². The molecule has 10 nitrogen and oxygen atoms in total. The van der Waals surface area contributed by atoms with Gasteiger partial charge in [0.2, 0.25) is 5.54 Å². The Morgan fingerprint density at radius 2 is 1.72 bits per heavy atom. The van der Waals surface area contributed by atoms with Crippen LogP contribution >= 0.6 is 0 Å². The SMILES string of the molecule is CC(C)(C)OC(=O)N[C@H]1CN(C(=O)OCc2ccccc2)C(C(=O)O)(C(=O)O)C1. The number of alkyl carbamates (subject to hydrolysis) is 1. The van der Waals surface area contributed by atoms with Crippen molar-refractivity contribution >= 4 is 24.1 Å². The molecule has 0 aliphatic carbocycles. The summed E-state index contributed by atoms with van der Waals surface area (Å²) in [7, 11) is 0. The van der Waals surface area contributed by atoms with Gasteiger partial charge in [-0.15, -0.1) is 0 Å². The van der Waals surface area contributed by atoms with E-state index in [0.717, 1.165) is 0 Å². The van der Waals surface area contributed by atoms with Gasteiger partial charge in [-0.25, -0.2) is 19.2 Å². The average Bonchev–Trinajstić information content (AvgIpc) is 2.99. The number of rotatable bonds is 5. The molecule has 0 spiro atoms. The number of nitrogens with one attached hydrogen (secondary N) is 1. The molecule has 10 heteroatoms. The summed E-state index contributed by atoms with van der Waals surface area (Å²) in [4.78, 5) is 48.8. The predicted molar refractivity (Wildman–Crippen MR) is 99.1 cm³/mol. The molecule has 0 radical (unpaired) electrons. The third-order valence-electron chi connectivity index (χ3n) is 4.26. The minimum Gasteiger partial charge on any atom is -0.479 e. The van der Waals surface area contributed by atoms with E-state index in [9.17, 15) is 29.4 Å². The number of ether oxygens (including phenoxy) is 2. The standard InChI is InChI=1S/C19H24N2O8/c1-18(2,3)29-16(26)20-13-9-19(14(22)23,15(24)25)21(10-13)17(27)28-11-12-7-5-4-6-8-12/h4-8,13H,9-11H2,1-3H3,(H,20,26)(H,22,23)(H,24,25)/t13-/m1/s1. The highest BCUT2D eigenvalue weighted by Crippen LogP contribution is 2.32. The molecule has 0 saturated carbocycles. The fraction of sp³-hybridized carbons (Fsp3) is 0.474. The molecule has 2 amide bonds. The molecule has 1 aliphatic heterocycles. The van der Waals surface area contributed by atoms with Crippen LogP contribution in [-0.2, 0) is 25.7 Å². The number of benzene rings is 1. The van der Waals surface area contributed by atoms with Crippen LogP contribution in [0.15, 0.2) is 30.3 Å². The fourth-order valence-electron chi connectivity index (χ4n) is 3.00. The summed E-state index contributed by atoms with van der Waals surface area (Å²) in [5.74, 6) is -3.45. The van der Waals surface area contributed by atoms with Crippen molar-refractivity contribution in [3.63, 3.8) is 0 Å². The molecule has 29 heavy (non-hydrogen) atoms. The zero-order valence-electron chi connectivity index (χ0n) is 16.4. The third kappa shape index (κ3) is 5.15. The van der Waals surface area contributed by atoms with Crippen molar-refractivity contribution in [1.82, 2.24) is 10.2 Å². The van der Waals surface area contributed by atoms with Crippen LogP contribution in [0.4, 0.5) is 9.59 Å². The van der Waals surface area contributed by atoms with Crippen LogP contribution in [0, 0.1) is 0 Å². The largest absolute Gasteiger partial charge is 0.479 e. The molecule has 1 aromatic rings. The van der Waals surface area contributed by atoms with Gasteiger partial charge in [0.1, 0.15) is 12.2 Å². The van der Waals surface area contributed by atoms with E-state index >= 15 is 0 Å². The van der Waals surface area contributed by atoms with Crippen LogP contribution in [0.3, 0.4) is 0 Å². The maximum Gasteiger partial charge on any atom is 0.411 e. The second-order valence-electron chi connectivity index (χ2n) is 7.67. The van der Waals surface area contributed by atoms with Crippen molar-refractivity contribution in [2.24, 2.45) is 0 Å². The number of hydrogen-bond donors (Lipinski definition) is 3. The summed E-state index contributed by atoms with van der Waals surface area (Å²) < 4.78 is 10.2. The highest BCUT2D eigenvalue weighted by atomic mass is 16.6. The van der Waals surface area contributed by atoms with Gasteiger partial charge in [-0.2, -0.15) is 0 Å². The smallest absolute Gasteiger partial charge is 0.411 e. The van der Waals surface area contributed by atoms with E-state index in [1.54, 1.807) is 51.1 Å². The van der Waals surface area contributed by atoms with Crippen LogP contribution in [0.2, 0.25) is 0 Å². The molecule has 158 valence electrons. The Labute approximate surface area is 167 Å². The van der Waals surface area contributed by atoms with Gasteiger partial charge in [0.25, 0.3) is 0 Å². The molecule has 2 rings (SSSR count). The minimum absolute atomic E-state index is 0.157. The maximum atomic E-state index is 12.5. The average molecular weight is 408 g/mol. The molecule has 1 saturated heterocycles. The Kier molecular flexibility index (Phi) is 6.35. The normalized spacial score (nSPS) is 18.0. The Bertz CT molecular complexity index is 773. The number of amides is 2. The first kappa shape index (κ1) is 22.0. The summed E-state index contributed by atoms with van der Waals surface area (Å²) in [6.45, 7) is 4.43. The number of aliphatic carboxylic acids is 2. The van der Waals surface area contributed by atoms with Crippen molar-refractivity contribution in [1.29, 1.82) is 0 Å². The number of hydrogen-bond acceptors (Lipinski definition) is 6. The number of likely N-dealkylation sites (tertiary alicyclic amines) is 1. The van der Waals surface area contributed by atoms with Crippen molar-refractivity contribution in [3.05, 3.63) is 35.9 Å². The van der Waals surface area contributed by atoms with Crippen molar-refractivity contribution in [3.8, 4) is 0 Å². The monoisotopic (exact) mass is 408 g/mol. The van der Waals surface area contributed by atoms with Gasteiger partial charge < -0.3 is 25.0 Å². The molecule has 0 bridgehead atoms. The summed E-state index contributed by atoms with van der Waals surface area (Å²) in [6, 6.07) is 7.70. The molecule has 1 atom stereocenters. The summed E-state index contributed by atoms with van der Waals surface area (Å²) in [5.41, 5.74) is -2.71. The van der Waals surface area contributed by atoms with Crippen molar-refractivity contribution in [2.75, 3.05) is 6.54 Å². The molecular weight excluding hydrogens is 384 g/mol. The van der Waals surface area contributed by atoms with Crippen LogP contribution in [-0.4, -0.2) is 63.0 Å². The van der Waals surface area contributed by atoms with E-state index in [0.29, 0.717) is 10.5 Å². The van der Waals surface area contributed by atoms with Crippen LogP contribution in [0.25, 0.3) is 0 Å². The zero-order chi connectivity index (χ0) is 21.8. The molecule has 0 unspecified atom stereocenters. The number of carbonyl (C=O) groups is 4. The second-order valence-corrected chi connectivity index (χ2v) is 7.67. The molecule has 1 aliphatic rings. The van der Waals surface area contributed by atoms with Crippen molar-refractivity contribution < 1.29 is 38.9 Å². The first-order valence-corrected chi connectivity index (χ1v) is 8.90. The topological polar surface area (TPSA) is 142 Å². The van der Waals surface area contributed by atoms with Gasteiger partial charge in [-0.05, 0) is 26.3 Å². The van der Waals surface area contributed by atoms with Gasteiger partial charge in [0, 0.05) is 13.0 Å². The lowest BCUT2D eigenvalue weighted by molar-refractivity contribution is -0.164. The molecule has 1 aromatic carbocycles. The highest BCUT2D eigenvalue weighted by molar-refractivity contribution is 6.06. The van der Waals surface area contributed by atoms with E-state index in [4.69, 9.17) is 9.47 Å². The Balaban J connectivity index is 2.18. The molecular formula is C19H24N2O8. The summed E-state index contributed by atoms with van der Waals surface area (Å²) >= 11 is 0. The van der Waals surface area contributed by atoms with E-state index in [-0.39, 0.29) is 13.2 Å². The summed E-state index contributed by atoms with van der Waals surface area (Å²) in [5, 5.41) is 21.6. The lowest BCUT2D eigenvalue weighted by atomic mass is 9.95. The van der Waals surface area contributed by atoms with E-state index < -0.39 is 47.7 Å². The van der Waals surface area contributed by atoms with E-state index in [1.807, 2.05) is 0 Å². The fourth-order valence-corrected chi connectivity index (χ4v) is 3.00. The van der Waals surface area contributed by atoms with Crippen LogP contribution in [0.5, 0.6) is 0 Å². The van der Waals surface area contributed by atoms with E-state index in [2.05, 4.69) is 5.32 Å². The molecule has 0 aromatic heterocycles. The van der Waals surface area contributed by atoms with Gasteiger partial charge in [0.05, 0.1) is 6.04 Å². The first-order chi connectivity index (χ1) is 13.5. The second kappa shape index (κ2) is 8.38. The maximum absolute atomic E-state index is 12.5.